The molecule has 1 aromatic carbocycles. The summed E-state index contributed by atoms with van der Waals surface area (Å²) in [5.74, 6) is 0.747. The molecule has 0 aliphatic rings. The first kappa shape index (κ1) is 13.9. The number of aromatic nitrogens is 3. The van der Waals surface area contributed by atoms with E-state index in [0.717, 1.165) is 40.0 Å². The summed E-state index contributed by atoms with van der Waals surface area (Å²) >= 11 is 3.42. The molecule has 0 atom stereocenters. The van der Waals surface area contributed by atoms with Crippen LogP contribution < -0.4 is 4.74 Å². The predicted molar refractivity (Wildman–Crippen MR) is 77.5 cm³/mol. The summed E-state index contributed by atoms with van der Waals surface area (Å²) in [6, 6.07) is 6.11. The Labute approximate surface area is 121 Å². The molecule has 2 aromatic rings. The fraction of sp³-hybridized carbons (Fsp3) is 0.357. The highest BCUT2D eigenvalue weighted by molar-refractivity contribution is 9.10. The minimum absolute atomic E-state index is 0.305. The van der Waals surface area contributed by atoms with Crippen molar-refractivity contribution in [3.05, 3.63) is 39.6 Å². The number of hydrogen-bond acceptors (Lipinski definition) is 4. The van der Waals surface area contributed by atoms with Crippen LogP contribution >= 0.6 is 15.9 Å². The van der Waals surface area contributed by atoms with E-state index in [9.17, 15) is 0 Å². The van der Waals surface area contributed by atoms with Crippen molar-refractivity contribution in [2.75, 3.05) is 0 Å². The molecule has 1 heterocycles. The van der Waals surface area contributed by atoms with Gasteiger partial charge in [0, 0.05) is 4.47 Å². The van der Waals surface area contributed by atoms with Crippen molar-refractivity contribution in [1.29, 1.82) is 0 Å². The van der Waals surface area contributed by atoms with E-state index < -0.39 is 0 Å². The highest BCUT2D eigenvalue weighted by Crippen LogP contribution is 2.25. The van der Waals surface area contributed by atoms with Crippen molar-refractivity contribution in [2.24, 2.45) is 0 Å². The fourth-order valence-corrected chi connectivity index (χ4v) is 2.27. The Morgan fingerprint density at radius 3 is 2.47 bits per heavy atom. The molecule has 0 bridgehead atoms. The van der Waals surface area contributed by atoms with Gasteiger partial charge >= 0.3 is 6.01 Å². The van der Waals surface area contributed by atoms with E-state index in [4.69, 9.17) is 4.74 Å². The molecule has 0 fully saturated rings. The Balaban J connectivity index is 2.28. The minimum Gasteiger partial charge on any atom is -0.423 e. The first-order valence-corrected chi connectivity index (χ1v) is 7.09. The average molecular weight is 322 g/mol. The zero-order chi connectivity index (χ0) is 13.8. The van der Waals surface area contributed by atoms with Crippen LogP contribution in [0.3, 0.4) is 0 Å². The second-order valence-electron chi connectivity index (χ2n) is 4.21. The summed E-state index contributed by atoms with van der Waals surface area (Å²) in [4.78, 5) is 4.41. The molecule has 0 N–H and O–H groups in total. The van der Waals surface area contributed by atoms with Crippen molar-refractivity contribution in [3.8, 4) is 11.8 Å². The number of nitrogens with zero attached hydrogens (tertiary/aromatic N) is 3. The zero-order valence-electron chi connectivity index (χ0n) is 11.3. The highest BCUT2D eigenvalue weighted by Gasteiger charge is 2.09. The van der Waals surface area contributed by atoms with E-state index in [1.807, 2.05) is 32.0 Å². The molecular formula is C14H16BrN3O. The third-order valence-corrected chi connectivity index (χ3v) is 3.32. The number of hydrogen-bond donors (Lipinski definition) is 0. The van der Waals surface area contributed by atoms with Gasteiger partial charge in [-0.25, -0.2) is 0 Å². The van der Waals surface area contributed by atoms with E-state index in [1.165, 1.54) is 0 Å². The second kappa shape index (κ2) is 6.10. The van der Waals surface area contributed by atoms with Crippen LogP contribution in [-0.4, -0.2) is 15.2 Å². The highest BCUT2D eigenvalue weighted by atomic mass is 79.9. The maximum Gasteiger partial charge on any atom is 0.341 e. The van der Waals surface area contributed by atoms with Crippen LogP contribution in [0.25, 0.3) is 0 Å². The van der Waals surface area contributed by atoms with Crippen molar-refractivity contribution in [3.63, 3.8) is 0 Å². The third kappa shape index (κ3) is 3.29. The number of benzene rings is 1. The van der Waals surface area contributed by atoms with Gasteiger partial charge in [0.15, 0.2) is 0 Å². The lowest BCUT2D eigenvalue weighted by atomic mass is 10.2. The van der Waals surface area contributed by atoms with Crippen LogP contribution in [0.4, 0.5) is 0 Å². The quantitative estimate of drug-likeness (QED) is 0.857. The maximum absolute atomic E-state index is 5.70. The number of halogens is 1. The van der Waals surface area contributed by atoms with Gasteiger partial charge in [0.1, 0.15) is 5.75 Å². The molecule has 0 aliphatic heterocycles. The van der Waals surface area contributed by atoms with Gasteiger partial charge in [-0.2, -0.15) is 4.98 Å². The van der Waals surface area contributed by atoms with Gasteiger partial charge < -0.3 is 4.74 Å². The maximum atomic E-state index is 5.70. The topological polar surface area (TPSA) is 47.9 Å². The standard InChI is InChI=1S/C14H16BrN3O/c1-4-11-12(5-2)17-18-14(16-11)19-13-7-6-10(15)8-9(13)3/h6-8H,4-5H2,1-3H3. The molecule has 5 heteroatoms. The molecule has 0 saturated heterocycles. The Morgan fingerprint density at radius 2 is 1.84 bits per heavy atom. The molecule has 100 valence electrons. The minimum atomic E-state index is 0.305. The first-order chi connectivity index (χ1) is 9.13. The van der Waals surface area contributed by atoms with Crippen LogP contribution in [0.5, 0.6) is 11.8 Å². The number of aryl methyl sites for hydroxylation is 3. The molecule has 0 spiro atoms. The predicted octanol–water partition coefficient (Wildman–Crippen LogP) is 3.86. The van der Waals surface area contributed by atoms with Crippen molar-refractivity contribution < 1.29 is 4.74 Å². The van der Waals surface area contributed by atoms with Crippen LogP contribution in [0.15, 0.2) is 22.7 Å². The molecule has 0 amide bonds. The van der Waals surface area contributed by atoms with Gasteiger partial charge in [0.2, 0.25) is 0 Å². The smallest absolute Gasteiger partial charge is 0.341 e. The molecular weight excluding hydrogens is 306 g/mol. The average Bonchev–Trinajstić information content (AvgIpc) is 2.41. The molecule has 4 nitrogen and oxygen atoms in total. The molecule has 0 saturated carbocycles. The van der Waals surface area contributed by atoms with Crippen molar-refractivity contribution in [1.82, 2.24) is 15.2 Å². The van der Waals surface area contributed by atoms with Gasteiger partial charge in [-0.15, -0.1) is 5.10 Å². The lowest BCUT2D eigenvalue weighted by molar-refractivity contribution is 0.425. The monoisotopic (exact) mass is 321 g/mol. The van der Waals surface area contributed by atoms with E-state index >= 15 is 0 Å². The van der Waals surface area contributed by atoms with E-state index in [0.29, 0.717) is 6.01 Å². The Bertz CT molecular complexity index is 587. The summed E-state index contributed by atoms with van der Waals surface area (Å²) in [5, 5.41) is 8.19. The van der Waals surface area contributed by atoms with Gasteiger partial charge in [-0.3, -0.25) is 0 Å². The van der Waals surface area contributed by atoms with Gasteiger partial charge in [-0.05, 0) is 43.5 Å². The van der Waals surface area contributed by atoms with E-state index in [1.54, 1.807) is 0 Å². The summed E-state index contributed by atoms with van der Waals surface area (Å²) in [6.07, 6.45) is 1.66. The van der Waals surface area contributed by atoms with E-state index in [-0.39, 0.29) is 0 Å². The summed E-state index contributed by atoms with van der Waals surface area (Å²) in [6.45, 7) is 6.08. The van der Waals surface area contributed by atoms with Crippen LogP contribution in [0.2, 0.25) is 0 Å². The second-order valence-corrected chi connectivity index (χ2v) is 5.12. The Hall–Kier alpha value is -1.49. The molecule has 0 unspecified atom stereocenters. The van der Waals surface area contributed by atoms with E-state index in [2.05, 4.69) is 38.0 Å². The summed E-state index contributed by atoms with van der Waals surface area (Å²) < 4.78 is 6.72. The molecule has 1 aromatic heterocycles. The molecule has 2 rings (SSSR count). The van der Waals surface area contributed by atoms with Gasteiger partial charge in [-0.1, -0.05) is 34.9 Å². The Morgan fingerprint density at radius 1 is 1.11 bits per heavy atom. The lowest BCUT2D eigenvalue weighted by Gasteiger charge is -2.09. The van der Waals surface area contributed by atoms with Crippen molar-refractivity contribution in [2.45, 2.75) is 33.6 Å². The Kier molecular flexibility index (Phi) is 4.47. The normalized spacial score (nSPS) is 10.5. The fourth-order valence-electron chi connectivity index (χ4n) is 1.79. The SMILES string of the molecule is CCc1nnc(Oc2ccc(Br)cc2C)nc1CC. The third-order valence-electron chi connectivity index (χ3n) is 2.83. The van der Waals surface area contributed by atoms with Crippen molar-refractivity contribution >= 4 is 15.9 Å². The molecule has 0 radical (unpaired) electrons. The summed E-state index contributed by atoms with van der Waals surface area (Å²) in [5.41, 5.74) is 2.90. The van der Waals surface area contributed by atoms with Crippen LogP contribution in [0, 0.1) is 6.92 Å². The molecule has 19 heavy (non-hydrogen) atoms. The largest absolute Gasteiger partial charge is 0.423 e. The number of ether oxygens (including phenoxy) is 1. The first-order valence-electron chi connectivity index (χ1n) is 6.30. The van der Waals surface area contributed by atoms with Crippen LogP contribution in [-0.2, 0) is 12.8 Å². The van der Waals surface area contributed by atoms with Crippen LogP contribution in [0.1, 0.15) is 30.8 Å². The van der Waals surface area contributed by atoms with Gasteiger partial charge in [0.05, 0.1) is 11.4 Å². The number of rotatable bonds is 4. The van der Waals surface area contributed by atoms with Gasteiger partial charge in [0.25, 0.3) is 0 Å². The zero-order valence-corrected chi connectivity index (χ0v) is 12.9. The molecule has 0 aliphatic carbocycles. The summed E-state index contributed by atoms with van der Waals surface area (Å²) in [7, 11) is 0. The lowest BCUT2D eigenvalue weighted by Crippen LogP contribution is -2.04.